The Morgan fingerprint density at radius 2 is 1.52 bits per heavy atom. The Kier molecular flexibility index (Phi) is 9.48. The van der Waals surface area contributed by atoms with Crippen molar-refractivity contribution in [3.63, 3.8) is 0 Å². The summed E-state index contributed by atoms with van der Waals surface area (Å²) in [6, 6.07) is 0. The van der Waals surface area contributed by atoms with Crippen LogP contribution >= 0.6 is 0 Å². The molecule has 0 saturated heterocycles. The molecule has 0 aliphatic rings. The largest absolute Gasteiger partial charge is 0.299 e. The first kappa shape index (κ1) is 20.1. The fraction of sp³-hybridized carbons (Fsp3) is 0.789. The van der Waals surface area contributed by atoms with Crippen molar-refractivity contribution < 1.29 is 9.59 Å². The summed E-state index contributed by atoms with van der Waals surface area (Å²) in [5.41, 5.74) is 0.743. The van der Waals surface area contributed by atoms with Gasteiger partial charge in [0, 0.05) is 6.42 Å². The number of hydrogen-bond donors (Lipinski definition) is 0. The summed E-state index contributed by atoms with van der Waals surface area (Å²) in [7, 11) is 0. The fourth-order valence-electron chi connectivity index (χ4n) is 2.96. The quantitative estimate of drug-likeness (QED) is 0.409. The first-order chi connectivity index (χ1) is 9.72. The van der Waals surface area contributed by atoms with E-state index in [0.29, 0.717) is 18.3 Å². The van der Waals surface area contributed by atoms with Crippen LogP contribution in [0, 0.1) is 23.7 Å². The van der Waals surface area contributed by atoms with E-state index in [-0.39, 0.29) is 11.6 Å². The minimum absolute atomic E-state index is 0.0109. The molecule has 0 aliphatic heterocycles. The number of ketones is 2. The van der Waals surface area contributed by atoms with Gasteiger partial charge in [0.2, 0.25) is 0 Å². The van der Waals surface area contributed by atoms with E-state index in [1.807, 2.05) is 13.8 Å². The number of Topliss-reactive ketones (excluding diaryl/α,β-unsaturated/α-hetero) is 2. The van der Waals surface area contributed by atoms with Crippen LogP contribution in [0.4, 0.5) is 0 Å². The summed E-state index contributed by atoms with van der Waals surface area (Å²) in [5.74, 6) is 1.35. The molecule has 0 heterocycles. The molecular formula is C19H34O2. The van der Waals surface area contributed by atoms with Crippen molar-refractivity contribution in [2.45, 2.75) is 74.1 Å². The molecule has 0 aromatic carbocycles. The third-order valence-electron chi connectivity index (χ3n) is 4.42. The van der Waals surface area contributed by atoms with Crippen LogP contribution < -0.4 is 0 Å². The van der Waals surface area contributed by atoms with Crippen LogP contribution in [0.1, 0.15) is 74.1 Å². The normalized spacial score (nSPS) is 18.0. The van der Waals surface area contributed by atoms with Crippen LogP contribution in [-0.2, 0) is 9.59 Å². The van der Waals surface area contributed by atoms with Crippen LogP contribution in [0.3, 0.4) is 0 Å². The molecule has 0 N–H and O–H groups in total. The van der Waals surface area contributed by atoms with Gasteiger partial charge in [-0.15, -0.1) is 0 Å². The van der Waals surface area contributed by atoms with Crippen LogP contribution in [0.25, 0.3) is 0 Å². The van der Waals surface area contributed by atoms with E-state index in [4.69, 9.17) is 0 Å². The zero-order chi connectivity index (χ0) is 16.6. The van der Waals surface area contributed by atoms with Gasteiger partial charge in [-0.3, -0.25) is 9.59 Å². The van der Waals surface area contributed by atoms with Gasteiger partial charge < -0.3 is 0 Å². The topological polar surface area (TPSA) is 34.1 Å². The number of hydrogen-bond acceptors (Lipinski definition) is 2. The zero-order valence-corrected chi connectivity index (χ0v) is 15.0. The van der Waals surface area contributed by atoms with Crippen LogP contribution in [0.5, 0.6) is 0 Å². The second-order valence-electron chi connectivity index (χ2n) is 6.82. The molecule has 21 heavy (non-hydrogen) atoms. The molecule has 0 aliphatic carbocycles. The highest BCUT2D eigenvalue weighted by Gasteiger charge is 2.21. The van der Waals surface area contributed by atoms with Gasteiger partial charge in [0.05, 0.1) is 5.92 Å². The molecule has 0 bridgehead atoms. The first-order valence-electron chi connectivity index (χ1n) is 8.48. The smallest absolute Gasteiger partial charge is 0.168 e. The highest BCUT2D eigenvalue weighted by Crippen LogP contribution is 2.23. The Bertz CT molecular complexity index is 368. The minimum Gasteiger partial charge on any atom is -0.299 e. The predicted octanol–water partition coefficient (Wildman–Crippen LogP) is 5.22. The van der Waals surface area contributed by atoms with Crippen LogP contribution in [0.2, 0.25) is 0 Å². The molecular weight excluding hydrogens is 260 g/mol. The Hall–Kier alpha value is -0.920. The standard InChI is InChI=1S/C19H34O2/c1-8-13(3)10-14(4)11-15(5)12-16(6)19(21)17(7)18(20)9-2/h12-15,17H,8-11H2,1-7H3. The second kappa shape index (κ2) is 9.92. The van der Waals surface area contributed by atoms with Gasteiger partial charge in [-0.05, 0) is 50.0 Å². The lowest BCUT2D eigenvalue weighted by molar-refractivity contribution is -0.129. The Labute approximate surface area is 131 Å². The van der Waals surface area contributed by atoms with Gasteiger partial charge in [0.15, 0.2) is 5.78 Å². The van der Waals surface area contributed by atoms with Gasteiger partial charge in [-0.1, -0.05) is 47.1 Å². The molecule has 0 rings (SSSR count). The molecule has 2 heteroatoms. The summed E-state index contributed by atoms with van der Waals surface area (Å²) in [4.78, 5) is 23.8. The lowest BCUT2D eigenvalue weighted by Gasteiger charge is -2.19. The molecule has 0 spiro atoms. The van der Waals surface area contributed by atoms with Gasteiger partial charge in [0.25, 0.3) is 0 Å². The van der Waals surface area contributed by atoms with E-state index < -0.39 is 5.92 Å². The van der Waals surface area contributed by atoms with E-state index in [2.05, 4.69) is 33.8 Å². The van der Waals surface area contributed by atoms with E-state index in [1.54, 1.807) is 6.92 Å². The first-order valence-corrected chi connectivity index (χ1v) is 8.48. The average Bonchev–Trinajstić information content (AvgIpc) is 2.43. The second-order valence-corrected chi connectivity index (χ2v) is 6.82. The number of carbonyl (C=O) groups is 2. The Morgan fingerprint density at radius 3 is 2.00 bits per heavy atom. The molecule has 2 nitrogen and oxygen atoms in total. The van der Waals surface area contributed by atoms with Crippen LogP contribution in [-0.4, -0.2) is 11.6 Å². The van der Waals surface area contributed by atoms with E-state index >= 15 is 0 Å². The average molecular weight is 294 g/mol. The van der Waals surface area contributed by atoms with Crippen molar-refractivity contribution >= 4 is 11.6 Å². The molecule has 0 aromatic rings. The summed E-state index contributed by atoms with van der Waals surface area (Å²) in [6.07, 6.45) is 6.05. The fourth-order valence-corrected chi connectivity index (χ4v) is 2.96. The van der Waals surface area contributed by atoms with E-state index in [1.165, 1.54) is 12.8 Å². The maximum absolute atomic E-state index is 12.2. The van der Waals surface area contributed by atoms with Crippen molar-refractivity contribution in [2.24, 2.45) is 23.7 Å². The van der Waals surface area contributed by atoms with Gasteiger partial charge in [0.1, 0.15) is 5.78 Å². The van der Waals surface area contributed by atoms with Crippen LogP contribution in [0.15, 0.2) is 11.6 Å². The van der Waals surface area contributed by atoms with E-state index in [9.17, 15) is 9.59 Å². The van der Waals surface area contributed by atoms with Crippen molar-refractivity contribution in [3.8, 4) is 0 Å². The highest BCUT2D eigenvalue weighted by atomic mass is 16.1. The molecule has 122 valence electrons. The SMILES string of the molecule is CCC(=O)C(C)C(=O)C(C)=CC(C)CC(C)CC(C)CC. The van der Waals surface area contributed by atoms with Crippen molar-refractivity contribution in [2.75, 3.05) is 0 Å². The summed E-state index contributed by atoms with van der Waals surface area (Å²) >= 11 is 0. The number of rotatable bonds is 10. The summed E-state index contributed by atoms with van der Waals surface area (Å²) in [5, 5.41) is 0. The van der Waals surface area contributed by atoms with Gasteiger partial charge >= 0.3 is 0 Å². The molecule has 0 saturated carbocycles. The van der Waals surface area contributed by atoms with Gasteiger partial charge in [-0.2, -0.15) is 0 Å². The van der Waals surface area contributed by atoms with Crippen molar-refractivity contribution in [1.82, 2.24) is 0 Å². The number of carbonyl (C=O) groups excluding carboxylic acids is 2. The molecule has 0 amide bonds. The highest BCUT2D eigenvalue weighted by molar-refractivity contribution is 6.09. The number of allylic oxidation sites excluding steroid dienone is 2. The maximum Gasteiger partial charge on any atom is 0.168 e. The summed E-state index contributed by atoms with van der Waals surface area (Å²) < 4.78 is 0. The molecule has 4 atom stereocenters. The minimum atomic E-state index is -0.490. The third-order valence-corrected chi connectivity index (χ3v) is 4.42. The summed E-state index contributed by atoms with van der Waals surface area (Å²) in [6.45, 7) is 14.4. The monoisotopic (exact) mass is 294 g/mol. The third kappa shape index (κ3) is 7.59. The predicted molar refractivity (Wildman–Crippen MR) is 90.2 cm³/mol. The lowest BCUT2D eigenvalue weighted by Crippen LogP contribution is -2.21. The van der Waals surface area contributed by atoms with E-state index in [0.717, 1.165) is 17.9 Å². The molecule has 0 fully saturated rings. The molecule has 0 aromatic heterocycles. The van der Waals surface area contributed by atoms with Crippen molar-refractivity contribution in [3.05, 3.63) is 11.6 Å². The Morgan fingerprint density at radius 1 is 0.952 bits per heavy atom. The lowest BCUT2D eigenvalue weighted by atomic mass is 9.86. The van der Waals surface area contributed by atoms with Crippen molar-refractivity contribution in [1.29, 1.82) is 0 Å². The molecule has 4 unspecified atom stereocenters. The Balaban J connectivity index is 4.54. The van der Waals surface area contributed by atoms with Gasteiger partial charge in [-0.25, -0.2) is 0 Å². The molecule has 0 radical (unpaired) electrons. The zero-order valence-electron chi connectivity index (χ0n) is 15.0. The maximum atomic E-state index is 12.2.